The summed E-state index contributed by atoms with van der Waals surface area (Å²) in [5.41, 5.74) is 0. The first-order valence-electron chi connectivity index (χ1n) is 5.09. The summed E-state index contributed by atoms with van der Waals surface area (Å²) in [4.78, 5) is 0.885. The molecule has 0 heterocycles. The van der Waals surface area contributed by atoms with Crippen molar-refractivity contribution in [3.05, 3.63) is 28.7 Å². The number of benzene rings is 1. The molecule has 1 rings (SSSR count). The van der Waals surface area contributed by atoms with E-state index in [0.29, 0.717) is 5.75 Å². The van der Waals surface area contributed by atoms with E-state index < -0.39 is 10.8 Å². The quantitative estimate of drug-likeness (QED) is 0.816. The lowest BCUT2D eigenvalue weighted by atomic mass is 10.4. The van der Waals surface area contributed by atoms with Crippen LogP contribution in [0.3, 0.4) is 0 Å². The van der Waals surface area contributed by atoms with Gasteiger partial charge in [0.15, 0.2) is 0 Å². The molecule has 0 bridgehead atoms. The van der Waals surface area contributed by atoms with Crippen molar-refractivity contribution < 1.29 is 4.21 Å². The molecule has 0 spiro atoms. The third-order valence-corrected chi connectivity index (χ3v) is 4.35. The molecule has 15 heavy (non-hydrogen) atoms. The first-order valence-corrected chi connectivity index (χ1v) is 7.20. The Morgan fingerprint density at radius 2 is 2.07 bits per heavy atom. The van der Waals surface area contributed by atoms with Crippen LogP contribution in [0.1, 0.15) is 13.3 Å². The highest BCUT2D eigenvalue weighted by molar-refractivity contribution is 9.10. The maximum Gasteiger partial charge on any atom is 0.0553 e. The molecule has 4 heteroatoms. The minimum absolute atomic E-state index is 0.669. The summed E-state index contributed by atoms with van der Waals surface area (Å²) in [6.45, 7) is 3.92. The van der Waals surface area contributed by atoms with Gasteiger partial charge in [-0.1, -0.05) is 19.1 Å². The summed E-state index contributed by atoms with van der Waals surface area (Å²) in [5.74, 6) is 0.669. The van der Waals surface area contributed by atoms with E-state index >= 15 is 0 Å². The highest BCUT2D eigenvalue weighted by atomic mass is 79.9. The Hall–Kier alpha value is -0.190. The van der Waals surface area contributed by atoms with Gasteiger partial charge in [-0.05, 0) is 41.0 Å². The van der Waals surface area contributed by atoms with Crippen LogP contribution in [0.15, 0.2) is 33.6 Å². The lowest BCUT2D eigenvalue weighted by Gasteiger charge is -2.05. The molecule has 0 fully saturated rings. The van der Waals surface area contributed by atoms with E-state index in [4.69, 9.17) is 0 Å². The fourth-order valence-corrected chi connectivity index (χ4v) is 3.10. The van der Waals surface area contributed by atoms with Crippen molar-refractivity contribution in [1.29, 1.82) is 0 Å². The summed E-state index contributed by atoms with van der Waals surface area (Å²) < 4.78 is 12.8. The Balaban J connectivity index is 2.44. The molecule has 84 valence electrons. The minimum atomic E-state index is -0.908. The maximum absolute atomic E-state index is 11.9. The number of nitrogens with one attached hydrogen (secondary N) is 1. The van der Waals surface area contributed by atoms with E-state index in [1.165, 1.54) is 0 Å². The molecule has 1 atom stereocenters. The molecule has 1 aromatic carbocycles. The second-order valence-corrected chi connectivity index (χ2v) is 5.62. The highest BCUT2D eigenvalue weighted by Gasteiger charge is 2.06. The van der Waals surface area contributed by atoms with Crippen molar-refractivity contribution in [1.82, 2.24) is 5.32 Å². The van der Waals surface area contributed by atoms with Gasteiger partial charge in [-0.25, -0.2) is 0 Å². The molecule has 1 unspecified atom stereocenters. The predicted octanol–water partition coefficient (Wildman–Crippen LogP) is 2.56. The summed E-state index contributed by atoms with van der Waals surface area (Å²) in [5, 5.41) is 3.25. The van der Waals surface area contributed by atoms with Gasteiger partial charge >= 0.3 is 0 Å². The van der Waals surface area contributed by atoms with Gasteiger partial charge in [0.05, 0.1) is 15.7 Å². The second kappa shape index (κ2) is 7.14. The second-order valence-electron chi connectivity index (χ2n) is 3.23. The number of halogens is 1. The van der Waals surface area contributed by atoms with Crippen molar-refractivity contribution in [2.24, 2.45) is 0 Å². The molecule has 0 aliphatic heterocycles. The van der Waals surface area contributed by atoms with Crippen LogP contribution in [0.25, 0.3) is 0 Å². The topological polar surface area (TPSA) is 29.1 Å². The SMILES string of the molecule is CCCNCCS(=O)c1ccccc1Br. The van der Waals surface area contributed by atoms with Crippen LogP contribution in [0.5, 0.6) is 0 Å². The molecule has 1 N–H and O–H groups in total. The fourth-order valence-electron chi connectivity index (χ4n) is 1.21. The van der Waals surface area contributed by atoms with Crippen LogP contribution in [0.2, 0.25) is 0 Å². The third-order valence-electron chi connectivity index (χ3n) is 1.97. The molecular formula is C11H16BrNOS. The van der Waals surface area contributed by atoms with E-state index in [0.717, 1.165) is 28.9 Å². The minimum Gasteiger partial charge on any atom is -0.316 e. The average Bonchev–Trinajstić information content (AvgIpc) is 2.25. The molecule has 0 aliphatic carbocycles. The van der Waals surface area contributed by atoms with Gasteiger partial charge in [0.2, 0.25) is 0 Å². The van der Waals surface area contributed by atoms with Crippen LogP contribution in [0, 0.1) is 0 Å². The maximum atomic E-state index is 11.9. The zero-order valence-corrected chi connectivity index (χ0v) is 11.2. The monoisotopic (exact) mass is 289 g/mol. The van der Waals surface area contributed by atoms with Gasteiger partial charge in [0.1, 0.15) is 0 Å². The van der Waals surface area contributed by atoms with E-state index in [2.05, 4.69) is 28.2 Å². The van der Waals surface area contributed by atoms with Gasteiger partial charge in [-0.3, -0.25) is 4.21 Å². The molecule has 0 saturated carbocycles. The lowest BCUT2D eigenvalue weighted by Crippen LogP contribution is -2.21. The predicted molar refractivity (Wildman–Crippen MR) is 68.6 cm³/mol. The Kier molecular flexibility index (Phi) is 6.13. The zero-order valence-electron chi connectivity index (χ0n) is 8.83. The normalized spacial score (nSPS) is 12.7. The van der Waals surface area contributed by atoms with Gasteiger partial charge in [0.25, 0.3) is 0 Å². The van der Waals surface area contributed by atoms with Crippen molar-refractivity contribution >= 4 is 26.7 Å². The summed E-state index contributed by atoms with van der Waals surface area (Å²) in [6.07, 6.45) is 1.11. The summed E-state index contributed by atoms with van der Waals surface area (Å²) >= 11 is 3.41. The van der Waals surface area contributed by atoms with Gasteiger partial charge in [0, 0.05) is 16.8 Å². The van der Waals surface area contributed by atoms with Crippen molar-refractivity contribution in [3.63, 3.8) is 0 Å². The Morgan fingerprint density at radius 3 is 2.73 bits per heavy atom. The van der Waals surface area contributed by atoms with Crippen LogP contribution < -0.4 is 5.32 Å². The van der Waals surface area contributed by atoms with E-state index in [1.54, 1.807) is 0 Å². The number of rotatable bonds is 6. The molecule has 1 aromatic rings. The molecule has 2 nitrogen and oxygen atoms in total. The third kappa shape index (κ3) is 4.45. The van der Waals surface area contributed by atoms with Crippen molar-refractivity contribution in [2.75, 3.05) is 18.8 Å². The van der Waals surface area contributed by atoms with Crippen LogP contribution in [0.4, 0.5) is 0 Å². The van der Waals surface area contributed by atoms with Gasteiger partial charge in [-0.15, -0.1) is 0 Å². The number of hydrogen-bond donors (Lipinski definition) is 1. The van der Waals surface area contributed by atoms with E-state index in [1.807, 2.05) is 24.3 Å². The van der Waals surface area contributed by atoms with Crippen LogP contribution in [-0.4, -0.2) is 23.1 Å². The standard InChI is InChI=1S/C11H16BrNOS/c1-2-7-13-8-9-15(14)11-6-4-3-5-10(11)12/h3-6,13H,2,7-9H2,1H3. The van der Waals surface area contributed by atoms with Crippen molar-refractivity contribution in [3.8, 4) is 0 Å². The largest absolute Gasteiger partial charge is 0.316 e. The average molecular weight is 290 g/mol. The molecule has 0 aliphatic rings. The fraction of sp³-hybridized carbons (Fsp3) is 0.455. The first kappa shape index (κ1) is 12.9. The lowest BCUT2D eigenvalue weighted by molar-refractivity contribution is 0.669. The van der Waals surface area contributed by atoms with Crippen LogP contribution >= 0.6 is 15.9 Å². The Bertz CT molecular complexity index is 330. The summed E-state index contributed by atoms with van der Waals surface area (Å²) in [7, 11) is -0.908. The highest BCUT2D eigenvalue weighted by Crippen LogP contribution is 2.19. The first-order chi connectivity index (χ1) is 7.25. The zero-order chi connectivity index (χ0) is 11.1. The van der Waals surface area contributed by atoms with Crippen LogP contribution in [-0.2, 0) is 10.8 Å². The molecular weight excluding hydrogens is 274 g/mol. The van der Waals surface area contributed by atoms with Crippen molar-refractivity contribution in [2.45, 2.75) is 18.2 Å². The van der Waals surface area contributed by atoms with E-state index in [9.17, 15) is 4.21 Å². The Morgan fingerprint density at radius 1 is 1.33 bits per heavy atom. The molecule has 0 radical (unpaired) electrons. The molecule has 0 saturated heterocycles. The smallest absolute Gasteiger partial charge is 0.0553 e. The van der Waals surface area contributed by atoms with E-state index in [-0.39, 0.29) is 0 Å². The summed E-state index contributed by atoms with van der Waals surface area (Å²) in [6, 6.07) is 7.67. The van der Waals surface area contributed by atoms with Gasteiger partial charge < -0.3 is 5.32 Å². The molecule has 0 aromatic heterocycles. The Labute approximate surface area is 102 Å². The molecule has 0 amide bonds. The van der Waals surface area contributed by atoms with Gasteiger partial charge in [-0.2, -0.15) is 0 Å². The number of hydrogen-bond acceptors (Lipinski definition) is 2.